The van der Waals surface area contributed by atoms with Crippen molar-refractivity contribution in [2.75, 3.05) is 11.9 Å². The van der Waals surface area contributed by atoms with Gasteiger partial charge in [0.1, 0.15) is 5.69 Å². The molecule has 0 saturated carbocycles. The number of rotatable bonds is 6. The lowest BCUT2D eigenvalue weighted by atomic mass is 10.2. The Morgan fingerprint density at radius 3 is 2.46 bits per heavy atom. The fourth-order valence-electron chi connectivity index (χ4n) is 2.62. The van der Waals surface area contributed by atoms with Crippen LogP contribution in [0.15, 0.2) is 72.9 Å². The number of anilines is 2. The third kappa shape index (κ3) is 4.61. The number of hydrogen-bond acceptors (Lipinski definition) is 3. The first-order valence-corrected chi connectivity index (χ1v) is 8.85. The Morgan fingerprint density at radius 2 is 1.77 bits per heavy atom. The molecule has 0 spiro atoms. The van der Waals surface area contributed by atoms with E-state index >= 15 is 0 Å². The predicted octanol–water partition coefficient (Wildman–Crippen LogP) is 5.14. The maximum atomic E-state index is 12.8. The Morgan fingerprint density at radius 1 is 1.04 bits per heavy atom. The monoisotopic (exact) mass is 365 g/mol. The van der Waals surface area contributed by atoms with Crippen LogP contribution >= 0.6 is 11.6 Å². The SMILES string of the molecule is CCN(Cc1ccccc1)C(=O)c1cc(Nc2ccc(Cl)cc2)ccn1. The van der Waals surface area contributed by atoms with E-state index in [1.807, 2.05) is 67.6 Å². The summed E-state index contributed by atoms with van der Waals surface area (Å²) in [5.41, 5.74) is 3.22. The Hall–Kier alpha value is -2.85. The van der Waals surface area contributed by atoms with Crippen LogP contribution in [-0.2, 0) is 6.54 Å². The zero-order valence-corrected chi connectivity index (χ0v) is 15.3. The summed E-state index contributed by atoms with van der Waals surface area (Å²) >= 11 is 5.91. The topological polar surface area (TPSA) is 45.2 Å². The van der Waals surface area contributed by atoms with Crippen LogP contribution in [0.2, 0.25) is 5.02 Å². The molecule has 132 valence electrons. The summed E-state index contributed by atoms with van der Waals surface area (Å²) in [4.78, 5) is 18.9. The van der Waals surface area contributed by atoms with Gasteiger partial charge in [0.05, 0.1) is 0 Å². The van der Waals surface area contributed by atoms with Gasteiger partial charge in [-0.3, -0.25) is 9.78 Å². The minimum absolute atomic E-state index is 0.0869. The molecule has 1 amide bonds. The molecule has 5 heteroatoms. The molecule has 3 aromatic rings. The van der Waals surface area contributed by atoms with Crippen molar-refractivity contribution in [1.82, 2.24) is 9.88 Å². The first-order chi connectivity index (χ1) is 12.7. The standard InChI is InChI=1S/C21H20ClN3O/c1-2-25(15-16-6-4-3-5-7-16)21(26)20-14-19(12-13-23-20)24-18-10-8-17(22)9-11-18/h3-14H,2,15H2,1H3,(H,23,24). The summed E-state index contributed by atoms with van der Waals surface area (Å²) in [6, 6.07) is 21.0. The van der Waals surface area contributed by atoms with Crippen LogP contribution in [0.5, 0.6) is 0 Å². The minimum Gasteiger partial charge on any atom is -0.355 e. The molecule has 0 saturated heterocycles. The van der Waals surface area contributed by atoms with E-state index < -0.39 is 0 Å². The highest BCUT2D eigenvalue weighted by Gasteiger charge is 2.16. The molecule has 0 aliphatic heterocycles. The first kappa shape index (κ1) is 18.0. The number of hydrogen-bond donors (Lipinski definition) is 1. The third-order valence-electron chi connectivity index (χ3n) is 4.00. The maximum absolute atomic E-state index is 12.8. The number of amides is 1. The van der Waals surface area contributed by atoms with Gasteiger partial charge in [0.15, 0.2) is 0 Å². The number of aromatic nitrogens is 1. The fourth-order valence-corrected chi connectivity index (χ4v) is 2.74. The molecule has 1 aromatic heterocycles. The molecule has 2 aromatic carbocycles. The lowest BCUT2D eigenvalue weighted by Gasteiger charge is -2.21. The third-order valence-corrected chi connectivity index (χ3v) is 4.25. The Kier molecular flexibility index (Phi) is 5.87. The van der Waals surface area contributed by atoms with Gasteiger partial charge in [-0.05, 0) is 48.9 Å². The van der Waals surface area contributed by atoms with Crippen LogP contribution in [0.3, 0.4) is 0 Å². The van der Waals surface area contributed by atoms with E-state index in [2.05, 4.69) is 10.3 Å². The molecule has 4 nitrogen and oxygen atoms in total. The van der Waals surface area contributed by atoms with E-state index in [1.165, 1.54) is 0 Å². The second-order valence-electron chi connectivity index (χ2n) is 5.87. The van der Waals surface area contributed by atoms with Crippen molar-refractivity contribution in [2.45, 2.75) is 13.5 Å². The van der Waals surface area contributed by atoms with Gasteiger partial charge in [0.25, 0.3) is 5.91 Å². The number of nitrogens with one attached hydrogen (secondary N) is 1. The maximum Gasteiger partial charge on any atom is 0.272 e. The van der Waals surface area contributed by atoms with Crippen LogP contribution in [0.25, 0.3) is 0 Å². The zero-order valence-electron chi connectivity index (χ0n) is 14.5. The summed E-state index contributed by atoms with van der Waals surface area (Å²) in [5.74, 6) is -0.0869. The van der Waals surface area contributed by atoms with Gasteiger partial charge < -0.3 is 10.2 Å². The van der Waals surface area contributed by atoms with Crippen molar-refractivity contribution in [2.24, 2.45) is 0 Å². The summed E-state index contributed by atoms with van der Waals surface area (Å²) in [6.07, 6.45) is 1.64. The largest absolute Gasteiger partial charge is 0.355 e. The molecule has 26 heavy (non-hydrogen) atoms. The molecule has 0 aliphatic rings. The Labute approximate surface area is 158 Å². The molecule has 1 N–H and O–H groups in total. The number of carbonyl (C=O) groups is 1. The van der Waals surface area contributed by atoms with Crippen molar-refractivity contribution < 1.29 is 4.79 Å². The number of halogens is 1. The van der Waals surface area contributed by atoms with Gasteiger partial charge in [-0.25, -0.2) is 0 Å². The highest BCUT2D eigenvalue weighted by Crippen LogP contribution is 2.20. The lowest BCUT2D eigenvalue weighted by molar-refractivity contribution is 0.0746. The van der Waals surface area contributed by atoms with E-state index in [4.69, 9.17) is 11.6 Å². The van der Waals surface area contributed by atoms with Crippen molar-refractivity contribution >= 4 is 28.9 Å². The Balaban J connectivity index is 1.75. The smallest absolute Gasteiger partial charge is 0.272 e. The molecule has 3 rings (SSSR count). The van der Waals surface area contributed by atoms with E-state index in [0.717, 1.165) is 16.9 Å². The van der Waals surface area contributed by atoms with Crippen molar-refractivity contribution in [3.63, 3.8) is 0 Å². The zero-order chi connectivity index (χ0) is 18.4. The van der Waals surface area contributed by atoms with Gasteiger partial charge in [-0.1, -0.05) is 41.9 Å². The van der Waals surface area contributed by atoms with Crippen LogP contribution in [0, 0.1) is 0 Å². The minimum atomic E-state index is -0.0869. The molecule has 1 heterocycles. The van der Waals surface area contributed by atoms with E-state index in [0.29, 0.717) is 23.8 Å². The normalized spacial score (nSPS) is 10.4. The van der Waals surface area contributed by atoms with Crippen LogP contribution < -0.4 is 5.32 Å². The fraction of sp³-hybridized carbons (Fsp3) is 0.143. The second-order valence-corrected chi connectivity index (χ2v) is 6.30. The number of carbonyl (C=O) groups excluding carboxylic acids is 1. The summed E-state index contributed by atoms with van der Waals surface area (Å²) < 4.78 is 0. The summed E-state index contributed by atoms with van der Waals surface area (Å²) in [5, 5.41) is 3.94. The molecule has 0 bridgehead atoms. The van der Waals surface area contributed by atoms with Gasteiger partial charge in [0.2, 0.25) is 0 Å². The molecule has 0 atom stereocenters. The van der Waals surface area contributed by atoms with Gasteiger partial charge in [0, 0.05) is 35.7 Å². The summed E-state index contributed by atoms with van der Waals surface area (Å²) in [7, 11) is 0. The Bertz CT molecular complexity index is 866. The first-order valence-electron chi connectivity index (χ1n) is 8.47. The van der Waals surface area contributed by atoms with Gasteiger partial charge >= 0.3 is 0 Å². The molecular formula is C21H20ClN3O. The quantitative estimate of drug-likeness (QED) is 0.657. The number of pyridine rings is 1. The van der Waals surface area contributed by atoms with Gasteiger partial charge in [-0.2, -0.15) is 0 Å². The average Bonchev–Trinajstić information content (AvgIpc) is 2.68. The predicted molar refractivity (Wildman–Crippen MR) is 106 cm³/mol. The molecule has 0 aliphatic carbocycles. The highest BCUT2D eigenvalue weighted by atomic mass is 35.5. The summed E-state index contributed by atoms with van der Waals surface area (Å²) in [6.45, 7) is 3.15. The number of nitrogens with zero attached hydrogens (tertiary/aromatic N) is 2. The van der Waals surface area contributed by atoms with Gasteiger partial charge in [-0.15, -0.1) is 0 Å². The van der Waals surface area contributed by atoms with E-state index in [9.17, 15) is 4.79 Å². The number of benzene rings is 2. The van der Waals surface area contributed by atoms with Crippen molar-refractivity contribution in [1.29, 1.82) is 0 Å². The molecular weight excluding hydrogens is 346 g/mol. The van der Waals surface area contributed by atoms with E-state index in [1.54, 1.807) is 17.2 Å². The van der Waals surface area contributed by atoms with Crippen molar-refractivity contribution in [3.8, 4) is 0 Å². The average molecular weight is 366 g/mol. The lowest BCUT2D eigenvalue weighted by Crippen LogP contribution is -2.31. The molecule has 0 unspecified atom stereocenters. The van der Waals surface area contributed by atoms with Crippen LogP contribution in [0.1, 0.15) is 23.0 Å². The molecule has 0 radical (unpaired) electrons. The van der Waals surface area contributed by atoms with Crippen molar-refractivity contribution in [3.05, 3.63) is 89.2 Å². The van der Waals surface area contributed by atoms with E-state index in [-0.39, 0.29) is 5.91 Å². The van der Waals surface area contributed by atoms with Crippen LogP contribution in [-0.4, -0.2) is 22.3 Å². The van der Waals surface area contributed by atoms with Crippen LogP contribution in [0.4, 0.5) is 11.4 Å². The molecule has 0 fully saturated rings. The second kappa shape index (κ2) is 8.50. The highest BCUT2D eigenvalue weighted by molar-refractivity contribution is 6.30.